The molecule has 2 heterocycles. The van der Waals surface area contributed by atoms with E-state index in [-0.39, 0.29) is 11.5 Å². The Labute approximate surface area is 149 Å². The number of hydrogen-bond acceptors (Lipinski definition) is 5. The van der Waals surface area contributed by atoms with Crippen LogP contribution < -0.4 is 5.56 Å². The third-order valence-corrected chi connectivity index (χ3v) is 5.39. The monoisotopic (exact) mass is 347 g/mol. The minimum Gasteiger partial charge on any atom is -0.467 e. The summed E-state index contributed by atoms with van der Waals surface area (Å²) < 4.78 is 6.25. The number of carbonyl (C=O) groups excluding carboxylic acids is 1. The summed E-state index contributed by atoms with van der Waals surface area (Å²) in [7, 11) is 1.36. The van der Waals surface area contributed by atoms with E-state index < -0.39 is 12.0 Å². The van der Waals surface area contributed by atoms with Crippen LogP contribution in [0.1, 0.15) is 50.4 Å². The molecule has 1 saturated heterocycles. The van der Waals surface area contributed by atoms with Crippen LogP contribution in [0.5, 0.6) is 0 Å². The maximum Gasteiger partial charge on any atom is 0.330 e. The highest BCUT2D eigenvalue weighted by Crippen LogP contribution is 2.52. The molecule has 1 aromatic rings. The number of rotatable bonds is 7. The Kier molecular flexibility index (Phi) is 5.00. The van der Waals surface area contributed by atoms with E-state index in [4.69, 9.17) is 4.74 Å². The lowest BCUT2D eigenvalue weighted by atomic mass is 9.96. The highest BCUT2D eigenvalue weighted by Gasteiger charge is 2.51. The van der Waals surface area contributed by atoms with E-state index >= 15 is 0 Å². The summed E-state index contributed by atoms with van der Waals surface area (Å²) in [6.07, 6.45) is 4.09. The number of nitrogens with zero attached hydrogens (tertiary/aromatic N) is 3. The van der Waals surface area contributed by atoms with Crippen LogP contribution in [0.3, 0.4) is 0 Å². The lowest BCUT2D eigenvalue weighted by molar-refractivity contribution is -0.145. The fourth-order valence-corrected chi connectivity index (χ4v) is 3.74. The summed E-state index contributed by atoms with van der Waals surface area (Å²) >= 11 is 0. The van der Waals surface area contributed by atoms with Gasteiger partial charge in [0.05, 0.1) is 12.8 Å². The number of ether oxygens (including phenoxy) is 1. The molecule has 1 aliphatic carbocycles. The van der Waals surface area contributed by atoms with Crippen LogP contribution in [0.4, 0.5) is 0 Å². The molecule has 138 valence electrons. The molecule has 3 rings (SSSR count). The summed E-state index contributed by atoms with van der Waals surface area (Å²) in [4.78, 5) is 27.2. The van der Waals surface area contributed by atoms with E-state index in [1.807, 2.05) is 19.9 Å². The van der Waals surface area contributed by atoms with Crippen molar-refractivity contribution in [3.63, 3.8) is 0 Å². The van der Waals surface area contributed by atoms with E-state index in [0.717, 1.165) is 18.7 Å². The normalized spacial score (nSPS) is 19.7. The molecule has 1 spiro atoms. The molecule has 1 unspecified atom stereocenters. The Hall–Kier alpha value is -1.69. The SMILES string of the molecule is COC(=O)C(CC(C)C)n1nc(CCN2CC3(CC3)C2)cc(C)c1=O. The smallest absolute Gasteiger partial charge is 0.330 e. The van der Waals surface area contributed by atoms with Gasteiger partial charge in [-0.05, 0) is 43.6 Å². The highest BCUT2D eigenvalue weighted by atomic mass is 16.5. The predicted octanol–water partition coefficient (Wildman–Crippen LogP) is 1.95. The van der Waals surface area contributed by atoms with Crippen molar-refractivity contribution in [1.29, 1.82) is 0 Å². The van der Waals surface area contributed by atoms with E-state index in [1.54, 1.807) is 6.92 Å². The Morgan fingerprint density at radius 3 is 2.60 bits per heavy atom. The fraction of sp³-hybridized carbons (Fsp3) is 0.737. The molecule has 0 bridgehead atoms. The molecule has 6 nitrogen and oxygen atoms in total. The summed E-state index contributed by atoms with van der Waals surface area (Å²) in [6, 6.07) is 1.20. The maximum absolute atomic E-state index is 12.5. The van der Waals surface area contributed by atoms with Gasteiger partial charge in [-0.25, -0.2) is 9.48 Å². The molecule has 0 amide bonds. The average Bonchev–Trinajstić information content (AvgIpc) is 3.32. The van der Waals surface area contributed by atoms with Gasteiger partial charge in [-0.3, -0.25) is 4.79 Å². The molecule has 1 aromatic heterocycles. The van der Waals surface area contributed by atoms with Crippen molar-refractivity contribution in [2.75, 3.05) is 26.7 Å². The van der Waals surface area contributed by atoms with Crippen LogP contribution in [0, 0.1) is 18.3 Å². The number of carbonyl (C=O) groups is 1. The van der Waals surface area contributed by atoms with Gasteiger partial charge in [-0.2, -0.15) is 5.10 Å². The highest BCUT2D eigenvalue weighted by molar-refractivity contribution is 5.73. The molecular formula is C19H29N3O3. The number of aryl methyl sites for hydroxylation is 1. The van der Waals surface area contributed by atoms with E-state index in [1.165, 1.54) is 37.7 Å². The molecule has 0 aromatic carbocycles. The van der Waals surface area contributed by atoms with Gasteiger partial charge in [0.25, 0.3) is 5.56 Å². The molecule has 6 heteroatoms. The van der Waals surface area contributed by atoms with Gasteiger partial charge in [0.2, 0.25) is 0 Å². The van der Waals surface area contributed by atoms with E-state index in [2.05, 4.69) is 10.00 Å². The molecule has 2 aliphatic rings. The summed E-state index contributed by atoms with van der Waals surface area (Å²) in [5.41, 5.74) is 1.94. The first kappa shape index (κ1) is 18.1. The van der Waals surface area contributed by atoms with Crippen molar-refractivity contribution >= 4 is 5.97 Å². The van der Waals surface area contributed by atoms with Gasteiger partial charge in [-0.1, -0.05) is 13.8 Å². The van der Waals surface area contributed by atoms with E-state index in [0.29, 0.717) is 17.4 Å². The number of hydrogen-bond donors (Lipinski definition) is 0. The van der Waals surface area contributed by atoms with Crippen LogP contribution in [-0.2, 0) is 16.0 Å². The summed E-state index contributed by atoms with van der Waals surface area (Å²) in [6.45, 7) is 9.19. The fourth-order valence-electron chi connectivity index (χ4n) is 3.74. The van der Waals surface area contributed by atoms with Crippen LogP contribution in [-0.4, -0.2) is 47.4 Å². The number of likely N-dealkylation sites (tertiary alicyclic amines) is 1. The van der Waals surface area contributed by atoms with Crippen molar-refractivity contribution in [3.05, 3.63) is 27.7 Å². The Bertz CT molecular complexity index is 698. The van der Waals surface area contributed by atoms with Crippen molar-refractivity contribution in [3.8, 4) is 0 Å². The van der Waals surface area contributed by atoms with Crippen molar-refractivity contribution < 1.29 is 9.53 Å². The number of esters is 1. The van der Waals surface area contributed by atoms with Gasteiger partial charge in [-0.15, -0.1) is 0 Å². The first-order valence-corrected chi connectivity index (χ1v) is 9.23. The van der Waals surface area contributed by atoms with Crippen LogP contribution >= 0.6 is 0 Å². The average molecular weight is 347 g/mol. The lowest BCUT2D eigenvalue weighted by Gasteiger charge is -2.40. The molecule has 1 aliphatic heterocycles. The van der Waals surface area contributed by atoms with Crippen LogP contribution in [0.25, 0.3) is 0 Å². The Balaban J connectivity index is 1.76. The van der Waals surface area contributed by atoms with Crippen LogP contribution in [0.2, 0.25) is 0 Å². The van der Waals surface area contributed by atoms with Gasteiger partial charge < -0.3 is 9.64 Å². The largest absolute Gasteiger partial charge is 0.467 e. The van der Waals surface area contributed by atoms with Crippen molar-refractivity contribution in [1.82, 2.24) is 14.7 Å². The third-order valence-electron chi connectivity index (χ3n) is 5.39. The van der Waals surface area contributed by atoms with Crippen molar-refractivity contribution in [2.45, 2.75) is 52.5 Å². The van der Waals surface area contributed by atoms with Crippen molar-refractivity contribution in [2.24, 2.45) is 11.3 Å². The lowest BCUT2D eigenvalue weighted by Crippen LogP contribution is -2.49. The second-order valence-electron chi connectivity index (χ2n) is 8.20. The minimum absolute atomic E-state index is 0.208. The quantitative estimate of drug-likeness (QED) is 0.706. The summed E-state index contributed by atoms with van der Waals surface area (Å²) in [5, 5.41) is 4.51. The number of methoxy groups -OCH3 is 1. The number of aromatic nitrogens is 2. The second-order valence-corrected chi connectivity index (χ2v) is 8.20. The molecule has 1 saturated carbocycles. The molecule has 0 radical (unpaired) electrons. The zero-order chi connectivity index (χ0) is 18.2. The standard InChI is InChI=1S/C19H29N3O3/c1-13(2)9-16(18(24)25-4)22-17(23)14(3)10-15(20-22)5-8-21-11-19(12-21)6-7-19/h10,13,16H,5-9,11-12H2,1-4H3. The summed E-state index contributed by atoms with van der Waals surface area (Å²) in [5.74, 6) is -0.143. The third kappa shape index (κ3) is 3.94. The second kappa shape index (κ2) is 6.90. The maximum atomic E-state index is 12.5. The molecule has 1 atom stereocenters. The first-order valence-electron chi connectivity index (χ1n) is 9.23. The van der Waals surface area contributed by atoms with Gasteiger partial charge >= 0.3 is 5.97 Å². The van der Waals surface area contributed by atoms with Gasteiger partial charge in [0, 0.05) is 31.6 Å². The zero-order valence-corrected chi connectivity index (χ0v) is 15.7. The molecule has 2 fully saturated rings. The van der Waals surface area contributed by atoms with Gasteiger partial charge in [0.15, 0.2) is 6.04 Å². The minimum atomic E-state index is -0.658. The zero-order valence-electron chi connectivity index (χ0n) is 15.7. The Morgan fingerprint density at radius 2 is 2.04 bits per heavy atom. The molecular weight excluding hydrogens is 318 g/mol. The van der Waals surface area contributed by atoms with E-state index in [9.17, 15) is 9.59 Å². The first-order chi connectivity index (χ1) is 11.8. The topological polar surface area (TPSA) is 64.4 Å². The Morgan fingerprint density at radius 1 is 1.36 bits per heavy atom. The van der Waals surface area contributed by atoms with Crippen LogP contribution in [0.15, 0.2) is 10.9 Å². The predicted molar refractivity (Wildman–Crippen MR) is 95.6 cm³/mol. The molecule has 25 heavy (non-hydrogen) atoms. The van der Waals surface area contributed by atoms with Gasteiger partial charge in [0.1, 0.15) is 0 Å². The molecule has 0 N–H and O–H groups in total.